The third-order valence-corrected chi connectivity index (χ3v) is 10.7. The second-order valence-electron chi connectivity index (χ2n) is 12.4. The van der Waals surface area contributed by atoms with Crippen LogP contribution in [0.3, 0.4) is 0 Å². The number of nitrogens with zero attached hydrogens (tertiary/aromatic N) is 1. The average molecular weight is 508 g/mol. The van der Waals surface area contributed by atoms with Crippen molar-refractivity contribution < 1.29 is 33.0 Å². The molecule has 1 saturated heterocycles. The van der Waals surface area contributed by atoms with Crippen molar-refractivity contribution in [1.29, 1.82) is 0 Å². The molecule has 1 heterocycles. The summed E-state index contributed by atoms with van der Waals surface area (Å²) >= 11 is 0. The Labute approximate surface area is 212 Å². The molecule has 0 spiro atoms. The second-order valence-corrected chi connectivity index (χ2v) is 12.4. The molecule has 3 unspecified atom stereocenters. The molecule has 5 rings (SSSR count). The van der Waals surface area contributed by atoms with Gasteiger partial charge in [-0.1, -0.05) is 38.8 Å². The number of aldehydes is 1. The number of ether oxygens (including phenoxy) is 2. The van der Waals surface area contributed by atoms with Crippen LogP contribution in [0.5, 0.6) is 0 Å². The minimum atomic E-state index is -1.71. The van der Waals surface area contributed by atoms with Gasteiger partial charge in [0.15, 0.2) is 6.29 Å². The number of hydrogen-bond donors (Lipinski definition) is 1. The summed E-state index contributed by atoms with van der Waals surface area (Å²) in [6.07, 6.45) is 4.91. The fraction of sp³-hybridized carbons (Fsp3) is 0.786. The molecule has 200 valence electrons. The normalized spacial score (nSPS) is 45.5. The molecule has 0 aromatic heterocycles. The molecule has 0 aromatic rings. The highest BCUT2D eigenvalue weighted by Gasteiger charge is 2.84. The smallest absolute Gasteiger partial charge is 0.315 e. The van der Waals surface area contributed by atoms with Crippen LogP contribution < -0.4 is 0 Å². The third-order valence-electron chi connectivity index (χ3n) is 10.7. The van der Waals surface area contributed by atoms with Gasteiger partial charge in [-0.05, 0) is 61.9 Å². The van der Waals surface area contributed by atoms with Crippen LogP contribution in [0.25, 0.3) is 0 Å². The maximum atomic E-state index is 13.5. The average Bonchev–Trinajstić information content (AvgIpc) is 3.40. The van der Waals surface area contributed by atoms with Gasteiger partial charge in [-0.25, -0.2) is 0 Å². The largest absolute Gasteiger partial charge is 0.481 e. The van der Waals surface area contributed by atoms with Crippen LogP contribution in [0.15, 0.2) is 23.8 Å². The van der Waals surface area contributed by atoms with Gasteiger partial charge in [0.25, 0.3) is 6.08 Å². The Morgan fingerprint density at radius 1 is 1.31 bits per heavy atom. The highest BCUT2D eigenvalue weighted by molar-refractivity contribution is 5.90. The van der Waals surface area contributed by atoms with E-state index in [-0.39, 0.29) is 42.9 Å². The maximum absolute atomic E-state index is 13.5. The molecule has 6 nitrogen and oxygen atoms in total. The summed E-state index contributed by atoms with van der Waals surface area (Å²) in [7, 11) is 0. The van der Waals surface area contributed by atoms with Gasteiger partial charge >= 0.3 is 5.97 Å². The number of carboxylic acids is 1. The SMILES string of the molecule is CC(C)C1=CC2CC3(C=O)[C@@H]4CC[C@@H](C)[C@H]4CC2(CO[C@H]2CN(CC=C(F)F)[C@H](C)CO2)[C@]13C(=O)O. The minimum Gasteiger partial charge on any atom is -0.481 e. The topological polar surface area (TPSA) is 76.1 Å². The summed E-state index contributed by atoms with van der Waals surface area (Å²) in [6, 6.07) is -0.0293. The lowest BCUT2D eigenvalue weighted by Gasteiger charge is -2.58. The molecule has 4 fully saturated rings. The van der Waals surface area contributed by atoms with Crippen LogP contribution in [0, 0.1) is 45.8 Å². The van der Waals surface area contributed by atoms with Crippen LogP contribution in [-0.4, -0.2) is 60.9 Å². The Bertz CT molecular complexity index is 979. The summed E-state index contributed by atoms with van der Waals surface area (Å²) in [5.41, 5.74) is -2.05. The lowest BCUT2D eigenvalue weighted by atomic mass is 9.43. The number of halogens is 2. The molecule has 3 saturated carbocycles. The van der Waals surface area contributed by atoms with Crippen molar-refractivity contribution >= 4 is 12.3 Å². The van der Waals surface area contributed by atoms with Crippen LogP contribution in [-0.2, 0) is 19.1 Å². The van der Waals surface area contributed by atoms with E-state index in [2.05, 4.69) is 13.0 Å². The molecule has 1 N–H and O–H groups in total. The van der Waals surface area contributed by atoms with Crippen LogP contribution in [0.1, 0.15) is 53.4 Å². The Balaban J connectivity index is 1.50. The summed E-state index contributed by atoms with van der Waals surface area (Å²) < 4.78 is 37.8. The van der Waals surface area contributed by atoms with E-state index in [9.17, 15) is 23.5 Å². The van der Waals surface area contributed by atoms with Crippen molar-refractivity contribution in [1.82, 2.24) is 4.90 Å². The first-order valence-corrected chi connectivity index (χ1v) is 13.4. The van der Waals surface area contributed by atoms with Crippen molar-refractivity contribution in [2.24, 2.45) is 45.8 Å². The molecule has 0 aromatic carbocycles. The first-order chi connectivity index (χ1) is 17.0. The zero-order chi connectivity index (χ0) is 26.0. The van der Waals surface area contributed by atoms with E-state index < -0.39 is 34.6 Å². The molecular weight excluding hydrogens is 468 g/mol. The van der Waals surface area contributed by atoms with Crippen molar-refractivity contribution in [2.45, 2.75) is 65.7 Å². The first kappa shape index (κ1) is 26.0. The van der Waals surface area contributed by atoms with Crippen molar-refractivity contribution in [3.63, 3.8) is 0 Å². The van der Waals surface area contributed by atoms with Crippen molar-refractivity contribution in [2.75, 3.05) is 26.3 Å². The quantitative estimate of drug-likeness (QED) is 0.377. The molecule has 9 atom stereocenters. The van der Waals surface area contributed by atoms with Gasteiger partial charge in [-0.3, -0.25) is 9.69 Å². The monoisotopic (exact) mass is 507 g/mol. The fourth-order valence-corrected chi connectivity index (χ4v) is 9.19. The van der Waals surface area contributed by atoms with Gasteiger partial charge < -0.3 is 19.4 Å². The minimum absolute atomic E-state index is 0.00475. The molecule has 8 heteroatoms. The van der Waals surface area contributed by atoms with Crippen molar-refractivity contribution in [3.05, 3.63) is 23.8 Å². The third kappa shape index (κ3) is 3.29. The van der Waals surface area contributed by atoms with Crippen LogP contribution in [0.4, 0.5) is 8.78 Å². The Hall–Kier alpha value is -1.64. The molecule has 0 radical (unpaired) electrons. The van der Waals surface area contributed by atoms with Gasteiger partial charge in [0.05, 0.1) is 25.2 Å². The molecule has 4 bridgehead atoms. The maximum Gasteiger partial charge on any atom is 0.315 e. The second kappa shape index (κ2) is 8.98. The van der Waals surface area contributed by atoms with Gasteiger partial charge in [-0.2, -0.15) is 8.78 Å². The number of rotatable bonds is 8. The van der Waals surface area contributed by atoms with E-state index in [1.165, 1.54) is 0 Å². The number of aliphatic carboxylic acids is 1. The number of allylic oxidation sites excluding steroid dienone is 1. The summed E-state index contributed by atoms with van der Waals surface area (Å²) in [5.74, 6) is -0.144. The summed E-state index contributed by atoms with van der Waals surface area (Å²) in [5, 5.41) is 11.0. The van der Waals surface area contributed by atoms with E-state index in [0.717, 1.165) is 37.2 Å². The predicted octanol–water partition coefficient (Wildman–Crippen LogP) is 4.75. The lowest BCUT2D eigenvalue weighted by Crippen LogP contribution is -2.64. The van der Waals surface area contributed by atoms with Gasteiger partial charge in [0, 0.05) is 18.0 Å². The van der Waals surface area contributed by atoms with Crippen molar-refractivity contribution in [3.8, 4) is 0 Å². The van der Waals surface area contributed by atoms with E-state index in [4.69, 9.17) is 9.47 Å². The van der Waals surface area contributed by atoms with E-state index in [1.54, 1.807) is 0 Å². The van der Waals surface area contributed by atoms with E-state index >= 15 is 0 Å². The Kier molecular flexibility index (Phi) is 6.48. The molecule has 4 aliphatic carbocycles. The predicted molar refractivity (Wildman–Crippen MR) is 129 cm³/mol. The number of hydrogen-bond acceptors (Lipinski definition) is 5. The van der Waals surface area contributed by atoms with Crippen LogP contribution in [0.2, 0.25) is 0 Å². The molecule has 36 heavy (non-hydrogen) atoms. The highest BCUT2D eigenvalue weighted by atomic mass is 19.3. The van der Waals surface area contributed by atoms with Gasteiger partial charge in [0.1, 0.15) is 11.7 Å². The highest BCUT2D eigenvalue weighted by Crippen LogP contribution is 2.82. The number of morpholine rings is 1. The van der Waals surface area contributed by atoms with Gasteiger partial charge in [0.2, 0.25) is 0 Å². The van der Waals surface area contributed by atoms with Crippen LogP contribution >= 0.6 is 0 Å². The standard InChI is InChI=1S/C28H39F2NO5/c1-16(2)22-9-19-10-26(14-32)21-6-5-17(3)20(21)11-27(19,28(22,26)25(33)34)15-36-24-12-31(8-7-23(29)30)18(4)13-35-24/h7,9,14,16-21,24H,5-6,8,10-13,15H2,1-4H3,(H,33,34)/t17-,18-,19?,20-,21-,24+,26?,27?,28+/m1/s1. The first-order valence-electron chi connectivity index (χ1n) is 13.4. The van der Waals surface area contributed by atoms with E-state index in [0.29, 0.717) is 25.5 Å². The Morgan fingerprint density at radius 3 is 2.69 bits per heavy atom. The Morgan fingerprint density at radius 2 is 2.06 bits per heavy atom. The van der Waals surface area contributed by atoms with Gasteiger partial charge in [-0.15, -0.1) is 0 Å². The molecule has 5 aliphatic rings. The number of carbonyl (C=O) groups is 2. The fourth-order valence-electron chi connectivity index (χ4n) is 9.19. The number of carbonyl (C=O) groups excluding carboxylic acids is 1. The zero-order valence-electron chi connectivity index (χ0n) is 21.7. The number of carboxylic acid groups (broad SMARTS) is 1. The molecule has 0 amide bonds. The summed E-state index contributed by atoms with van der Waals surface area (Å²) in [6.45, 7) is 9.17. The molecule has 1 aliphatic heterocycles. The zero-order valence-corrected chi connectivity index (χ0v) is 21.7. The molecular formula is C28H39F2NO5. The summed E-state index contributed by atoms with van der Waals surface area (Å²) in [4.78, 5) is 28.4. The van der Waals surface area contributed by atoms with E-state index in [1.807, 2.05) is 25.7 Å². The lowest BCUT2D eigenvalue weighted by molar-refractivity contribution is -0.227. The number of fused-ring (bicyclic) bond motifs is 2.